The van der Waals surface area contributed by atoms with Crippen molar-refractivity contribution < 1.29 is 5.11 Å². The quantitative estimate of drug-likeness (QED) is 0.787. The van der Waals surface area contributed by atoms with Crippen LogP contribution in [0.5, 0.6) is 5.75 Å². The third-order valence-corrected chi connectivity index (χ3v) is 2.86. The SMILES string of the molecule is Cc1ccc(/N=C/c2cc(C)cc(C)c2O)cc1. The van der Waals surface area contributed by atoms with Crippen LogP contribution in [0, 0.1) is 20.8 Å². The number of benzene rings is 2. The zero-order chi connectivity index (χ0) is 13.1. The van der Waals surface area contributed by atoms with E-state index in [1.54, 1.807) is 6.21 Å². The predicted octanol–water partition coefficient (Wildman–Crippen LogP) is 4.07. The van der Waals surface area contributed by atoms with Gasteiger partial charge in [0.1, 0.15) is 5.75 Å². The first-order valence-electron chi connectivity index (χ1n) is 5.97. The second-order valence-corrected chi connectivity index (χ2v) is 4.61. The van der Waals surface area contributed by atoms with E-state index in [1.807, 2.05) is 57.2 Å². The van der Waals surface area contributed by atoms with E-state index in [0.717, 1.165) is 22.4 Å². The van der Waals surface area contributed by atoms with Crippen LogP contribution in [0.15, 0.2) is 41.4 Å². The van der Waals surface area contributed by atoms with Gasteiger partial charge in [-0.25, -0.2) is 0 Å². The van der Waals surface area contributed by atoms with Crippen molar-refractivity contribution in [2.75, 3.05) is 0 Å². The Kier molecular flexibility index (Phi) is 3.47. The van der Waals surface area contributed by atoms with Gasteiger partial charge >= 0.3 is 0 Å². The van der Waals surface area contributed by atoms with Gasteiger partial charge in [0.2, 0.25) is 0 Å². The van der Waals surface area contributed by atoms with Crippen molar-refractivity contribution in [3.8, 4) is 5.75 Å². The average molecular weight is 239 g/mol. The molecule has 2 nitrogen and oxygen atoms in total. The van der Waals surface area contributed by atoms with Crippen molar-refractivity contribution in [2.24, 2.45) is 4.99 Å². The zero-order valence-corrected chi connectivity index (χ0v) is 10.9. The second kappa shape index (κ2) is 5.05. The van der Waals surface area contributed by atoms with E-state index in [2.05, 4.69) is 4.99 Å². The molecule has 1 N–H and O–H groups in total. The number of aryl methyl sites for hydroxylation is 3. The molecule has 0 atom stereocenters. The summed E-state index contributed by atoms with van der Waals surface area (Å²) in [5.74, 6) is 0.302. The van der Waals surface area contributed by atoms with E-state index in [4.69, 9.17) is 0 Å². The molecule has 0 saturated carbocycles. The van der Waals surface area contributed by atoms with Gasteiger partial charge in [-0.1, -0.05) is 23.8 Å². The summed E-state index contributed by atoms with van der Waals surface area (Å²) in [4.78, 5) is 4.38. The largest absolute Gasteiger partial charge is 0.507 e. The summed E-state index contributed by atoms with van der Waals surface area (Å²) in [5.41, 5.74) is 4.85. The maximum absolute atomic E-state index is 9.95. The van der Waals surface area contributed by atoms with E-state index in [9.17, 15) is 5.11 Å². The molecule has 0 saturated heterocycles. The van der Waals surface area contributed by atoms with Gasteiger partial charge in [0.25, 0.3) is 0 Å². The minimum absolute atomic E-state index is 0.302. The summed E-state index contributed by atoms with van der Waals surface area (Å²) < 4.78 is 0. The Morgan fingerprint density at radius 2 is 1.61 bits per heavy atom. The minimum atomic E-state index is 0.302. The van der Waals surface area contributed by atoms with E-state index < -0.39 is 0 Å². The van der Waals surface area contributed by atoms with E-state index >= 15 is 0 Å². The smallest absolute Gasteiger partial charge is 0.127 e. The Balaban J connectivity index is 2.31. The van der Waals surface area contributed by atoms with Gasteiger partial charge < -0.3 is 5.11 Å². The third-order valence-electron chi connectivity index (χ3n) is 2.86. The molecule has 0 fully saturated rings. The molecule has 0 aliphatic carbocycles. The van der Waals surface area contributed by atoms with Gasteiger partial charge in [0.05, 0.1) is 5.69 Å². The van der Waals surface area contributed by atoms with Gasteiger partial charge in [-0.15, -0.1) is 0 Å². The molecule has 0 heterocycles. The molecule has 2 aromatic rings. The highest BCUT2D eigenvalue weighted by atomic mass is 16.3. The number of aliphatic imine (C=N–C) groups is 1. The Labute approximate surface area is 108 Å². The standard InChI is InChI=1S/C16H17NO/c1-11-4-6-15(7-5-11)17-10-14-9-12(2)8-13(3)16(14)18/h4-10,18H,1-3H3/b17-10+. The highest BCUT2D eigenvalue weighted by Gasteiger charge is 2.02. The number of rotatable bonds is 2. The molecule has 0 spiro atoms. The minimum Gasteiger partial charge on any atom is -0.507 e. The molecule has 0 aromatic heterocycles. The Morgan fingerprint density at radius 3 is 2.28 bits per heavy atom. The van der Waals surface area contributed by atoms with E-state index in [0.29, 0.717) is 5.75 Å². The molecular formula is C16H17NO. The van der Waals surface area contributed by atoms with Crippen molar-refractivity contribution in [1.82, 2.24) is 0 Å². The molecule has 0 unspecified atom stereocenters. The first-order chi connectivity index (χ1) is 8.56. The number of hydrogen-bond donors (Lipinski definition) is 1. The van der Waals surface area contributed by atoms with E-state index in [1.165, 1.54) is 5.56 Å². The molecule has 2 heteroatoms. The van der Waals surface area contributed by atoms with Crippen LogP contribution in [0.2, 0.25) is 0 Å². The van der Waals surface area contributed by atoms with Crippen LogP contribution in [0.25, 0.3) is 0 Å². The van der Waals surface area contributed by atoms with Crippen molar-refractivity contribution >= 4 is 11.9 Å². The number of nitrogens with zero attached hydrogens (tertiary/aromatic N) is 1. The zero-order valence-electron chi connectivity index (χ0n) is 10.9. The summed E-state index contributed by atoms with van der Waals surface area (Å²) in [6.45, 7) is 5.95. The number of phenolic OH excluding ortho intramolecular Hbond substituents is 1. The number of phenols is 1. The summed E-state index contributed by atoms with van der Waals surface area (Å²) in [6, 6.07) is 11.9. The molecule has 18 heavy (non-hydrogen) atoms. The molecule has 92 valence electrons. The van der Waals surface area contributed by atoms with Gasteiger partial charge in [-0.2, -0.15) is 0 Å². The Morgan fingerprint density at radius 1 is 0.944 bits per heavy atom. The number of hydrogen-bond acceptors (Lipinski definition) is 2. The fraction of sp³-hybridized carbons (Fsp3) is 0.188. The maximum atomic E-state index is 9.95. The highest BCUT2D eigenvalue weighted by molar-refractivity contribution is 5.86. The lowest BCUT2D eigenvalue weighted by Gasteiger charge is -2.04. The summed E-state index contributed by atoms with van der Waals surface area (Å²) in [5, 5.41) is 9.95. The van der Waals surface area contributed by atoms with Crippen molar-refractivity contribution in [3.63, 3.8) is 0 Å². The van der Waals surface area contributed by atoms with Crippen LogP contribution < -0.4 is 0 Å². The molecular weight excluding hydrogens is 222 g/mol. The van der Waals surface area contributed by atoms with Crippen molar-refractivity contribution in [3.05, 3.63) is 58.7 Å². The van der Waals surface area contributed by atoms with Crippen molar-refractivity contribution in [1.29, 1.82) is 0 Å². The monoisotopic (exact) mass is 239 g/mol. The van der Waals surface area contributed by atoms with Gasteiger partial charge in [-0.05, 0) is 50.1 Å². The molecule has 2 aromatic carbocycles. The summed E-state index contributed by atoms with van der Waals surface area (Å²) >= 11 is 0. The third kappa shape index (κ3) is 2.77. The Bertz CT molecular complexity index is 583. The fourth-order valence-electron chi connectivity index (χ4n) is 1.87. The normalized spacial score (nSPS) is 11.1. The lowest BCUT2D eigenvalue weighted by atomic mass is 10.1. The van der Waals surface area contributed by atoms with E-state index in [-0.39, 0.29) is 0 Å². The molecule has 0 aliphatic rings. The van der Waals surface area contributed by atoms with Crippen LogP contribution in [0.3, 0.4) is 0 Å². The van der Waals surface area contributed by atoms with Crippen LogP contribution in [-0.2, 0) is 0 Å². The first kappa shape index (κ1) is 12.4. The molecule has 0 amide bonds. The van der Waals surface area contributed by atoms with Gasteiger partial charge in [0.15, 0.2) is 0 Å². The first-order valence-corrected chi connectivity index (χ1v) is 5.97. The van der Waals surface area contributed by atoms with Crippen LogP contribution >= 0.6 is 0 Å². The van der Waals surface area contributed by atoms with Crippen molar-refractivity contribution in [2.45, 2.75) is 20.8 Å². The van der Waals surface area contributed by atoms with Gasteiger partial charge in [-0.3, -0.25) is 4.99 Å². The predicted molar refractivity (Wildman–Crippen MR) is 76.0 cm³/mol. The van der Waals surface area contributed by atoms with Crippen LogP contribution in [-0.4, -0.2) is 11.3 Å². The topological polar surface area (TPSA) is 32.6 Å². The molecule has 0 aliphatic heterocycles. The van der Waals surface area contributed by atoms with Gasteiger partial charge in [0, 0.05) is 11.8 Å². The number of aromatic hydroxyl groups is 1. The van der Waals surface area contributed by atoms with Crippen LogP contribution in [0.4, 0.5) is 5.69 Å². The lowest BCUT2D eigenvalue weighted by molar-refractivity contribution is 0.470. The summed E-state index contributed by atoms with van der Waals surface area (Å²) in [6.07, 6.45) is 1.71. The molecule has 0 radical (unpaired) electrons. The molecule has 2 rings (SSSR count). The molecule has 0 bridgehead atoms. The van der Waals surface area contributed by atoms with Crippen LogP contribution in [0.1, 0.15) is 22.3 Å². The lowest BCUT2D eigenvalue weighted by Crippen LogP contribution is -1.87. The highest BCUT2D eigenvalue weighted by Crippen LogP contribution is 2.23. The fourth-order valence-corrected chi connectivity index (χ4v) is 1.87. The Hall–Kier alpha value is -2.09. The average Bonchev–Trinajstić information content (AvgIpc) is 2.34. The second-order valence-electron chi connectivity index (χ2n) is 4.61. The summed E-state index contributed by atoms with van der Waals surface area (Å²) in [7, 11) is 0. The maximum Gasteiger partial charge on any atom is 0.127 e.